The number of aromatic amines is 2. The van der Waals surface area contributed by atoms with Crippen molar-refractivity contribution in [1.82, 2.24) is 20.3 Å². The monoisotopic (exact) mass is 537 g/mol. The minimum atomic E-state index is -1.58. The summed E-state index contributed by atoms with van der Waals surface area (Å²) in [6, 6.07) is 13.4. The minimum absolute atomic E-state index is 0.0859. The molecule has 0 aliphatic heterocycles. The third-order valence-electron chi connectivity index (χ3n) is 5.84. The summed E-state index contributed by atoms with van der Waals surface area (Å²) in [5, 5.41) is 12.4. The van der Waals surface area contributed by atoms with Crippen LogP contribution in [0, 0.1) is 0 Å². The molecule has 0 aliphatic carbocycles. The van der Waals surface area contributed by atoms with Crippen LogP contribution in [0.3, 0.4) is 0 Å². The molecule has 2 aromatic carbocycles. The van der Waals surface area contributed by atoms with Crippen molar-refractivity contribution in [3.63, 3.8) is 0 Å². The number of ether oxygens (including phenoxy) is 2. The maximum absolute atomic E-state index is 12.6. The number of carbonyl (C=O) groups excluding carboxylic acids is 2. The highest BCUT2D eigenvalue weighted by Gasteiger charge is 2.33. The van der Waals surface area contributed by atoms with Crippen molar-refractivity contribution in [2.45, 2.75) is 31.0 Å². The number of nitrogens with two attached hydrogens (primary N) is 1. The summed E-state index contributed by atoms with van der Waals surface area (Å²) in [7, 11) is 1.34. The van der Waals surface area contributed by atoms with Crippen molar-refractivity contribution in [2.75, 3.05) is 7.11 Å². The van der Waals surface area contributed by atoms with E-state index in [-0.39, 0.29) is 23.6 Å². The number of hydrogen-bond donors (Lipinski definition) is 5. The van der Waals surface area contributed by atoms with Crippen molar-refractivity contribution in [3.8, 4) is 17.4 Å². The normalized spacial score (nSPS) is 13.4. The number of imidazole rings is 1. The van der Waals surface area contributed by atoms with E-state index in [1.165, 1.54) is 13.4 Å². The lowest BCUT2D eigenvalue weighted by Crippen LogP contribution is -2.57. The number of H-pyrrole nitrogens is 2. The van der Waals surface area contributed by atoms with Gasteiger partial charge in [0, 0.05) is 38.3 Å². The molecule has 38 heavy (non-hydrogen) atoms. The molecule has 0 bridgehead atoms. The van der Waals surface area contributed by atoms with E-state index in [4.69, 9.17) is 15.2 Å². The number of carbonyl (C=O) groups is 2. The van der Waals surface area contributed by atoms with Crippen LogP contribution in [0.1, 0.15) is 21.7 Å². The van der Waals surface area contributed by atoms with Crippen LogP contribution in [0.4, 0.5) is 0 Å². The number of nitrogens with zero attached hydrogens (tertiary/aromatic N) is 1. The Balaban J connectivity index is 1.35. The molecule has 4 aromatic rings. The number of thiazole rings is 1. The fourth-order valence-electron chi connectivity index (χ4n) is 3.76. The molecular formula is C26H27N5O6S. The number of hydrogen-bond acceptors (Lipinski definition) is 9. The zero-order valence-corrected chi connectivity index (χ0v) is 21.3. The van der Waals surface area contributed by atoms with Crippen LogP contribution in [0.5, 0.6) is 17.4 Å². The molecule has 198 valence electrons. The summed E-state index contributed by atoms with van der Waals surface area (Å²) < 4.78 is 11.3. The lowest BCUT2D eigenvalue weighted by Gasteiger charge is -2.29. The summed E-state index contributed by atoms with van der Waals surface area (Å²) in [6.07, 6.45) is 4.36. The van der Waals surface area contributed by atoms with E-state index in [0.29, 0.717) is 34.8 Å². The summed E-state index contributed by atoms with van der Waals surface area (Å²) >= 11 is 0.973. The van der Waals surface area contributed by atoms with Gasteiger partial charge in [0.2, 0.25) is 17.5 Å². The number of amides is 1. The Morgan fingerprint density at radius 2 is 1.84 bits per heavy atom. The zero-order valence-electron chi connectivity index (χ0n) is 20.5. The van der Waals surface area contributed by atoms with Crippen LogP contribution in [0.15, 0.2) is 65.8 Å². The van der Waals surface area contributed by atoms with Crippen LogP contribution < -0.4 is 20.7 Å². The van der Waals surface area contributed by atoms with Crippen molar-refractivity contribution >= 4 is 23.5 Å². The Labute approximate surface area is 221 Å². The van der Waals surface area contributed by atoms with Gasteiger partial charge in [-0.05, 0) is 35.4 Å². The predicted octanol–water partition coefficient (Wildman–Crippen LogP) is 2.02. The molecule has 2 atom stereocenters. The van der Waals surface area contributed by atoms with E-state index in [9.17, 15) is 19.5 Å². The lowest BCUT2D eigenvalue weighted by atomic mass is 10.0. The lowest BCUT2D eigenvalue weighted by molar-refractivity contribution is -0.142. The van der Waals surface area contributed by atoms with E-state index < -0.39 is 17.7 Å². The van der Waals surface area contributed by atoms with Crippen molar-refractivity contribution in [1.29, 1.82) is 0 Å². The van der Waals surface area contributed by atoms with Gasteiger partial charge in [0.1, 0.15) is 11.5 Å². The van der Waals surface area contributed by atoms with Gasteiger partial charge in [0.15, 0.2) is 6.29 Å². The Kier molecular flexibility index (Phi) is 8.36. The molecule has 0 aliphatic rings. The molecule has 0 fully saturated rings. The Morgan fingerprint density at radius 1 is 1.18 bits per heavy atom. The van der Waals surface area contributed by atoms with E-state index in [2.05, 4.69) is 20.3 Å². The number of aromatic nitrogens is 3. The molecule has 2 unspecified atom stereocenters. The Hall–Kier alpha value is -4.26. The van der Waals surface area contributed by atoms with Gasteiger partial charge < -0.3 is 30.6 Å². The van der Waals surface area contributed by atoms with E-state index in [1.807, 2.05) is 12.1 Å². The Morgan fingerprint density at radius 3 is 2.37 bits per heavy atom. The summed E-state index contributed by atoms with van der Waals surface area (Å²) in [5.74, 6) is 0.537. The maximum atomic E-state index is 12.6. The maximum Gasteiger partial charge on any atom is 0.307 e. The largest absolute Gasteiger partial charge is 0.494 e. The molecule has 12 heteroatoms. The average molecular weight is 538 g/mol. The van der Waals surface area contributed by atoms with Gasteiger partial charge in [-0.3, -0.25) is 19.4 Å². The second kappa shape index (κ2) is 11.9. The minimum Gasteiger partial charge on any atom is -0.494 e. The van der Waals surface area contributed by atoms with Gasteiger partial charge in [0.05, 0.1) is 17.2 Å². The highest BCUT2D eigenvalue weighted by Crippen LogP contribution is 2.25. The molecule has 0 spiro atoms. The quantitative estimate of drug-likeness (QED) is 0.135. The van der Waals surface area contributed by atoms with Crippen LogP contribution in [-0.2, 0) is 33.6 Å². The topological polar surface area (TPSA) is 172 Å². The number of nitrogens with one attached hydrogen (secondary N) is 3. The van der Waals surface area contributed by atoms with Gasteiger partial charge >= 0.3 is 4.87 Å². The second-order valence-corrected chi connectivity index (χ2v) is 9.69. The van der Waals surface area contributed by atoms with Crippen LogP contribution in [0.2, 0.25) is 0 Å². The Bertz CT molecular complexity index is 1420. The number of benzene rings is 2. The average Bonchev–Trinajstić information content (AvgIpc) is 3.54. The summed E-state index contributed by atoms with van der Waals surface area (Å²) in [6.45, 7) is 0. The van der Waals surface area contributed by atoms with Crippen LogP contribution in [0.25, 0.3) is 0 Å². The smallest absolute Gasteiger partial charge is 0.307 e. The number of methoxy groups -OCH3 is 1. The van der Waals surface area contributed by atoms with E-state index >= 15 is 0 Å². The van der Waals surface area contributed by atoms with Crippen molar-refractivity contribution < 1.29 is 24.2 Å². The molecule has 0 radical (unpaired) electrons. The third kappa shape index (κ3) is 6.73. The van der Waals surface area contributed by atoms with Crippen LogP contribution in [-0.4, -0.2) is 51.1 Å². The van der Waals surface area contributed by atoms with Crippen LogP contribution >= 0.6 is 11.3 Å². The molecule has 6 N–H and O–H groups in total. The first kappa shape index (κ1) is 26.8. The molecule has 0 saturated carbocycles. The van der Waals surface area contributed by atoms with Gasteiger partial charge in [0.25, 0.3) is 0 Å². The standard InChI is InChI=1S/C26H27N5O6S/c1-36-26(14-32,31-23(33)21(27)11-18-13-28-15-29-18)12-17-4-8-20(9-5-17)37-19-6-2-16(3-7-19)10-22-24(34)30-25(35)38-22/h2-9,13-15,21,34H,10-12,27H2,1H3,(H,28,29)(H,30,35)(H,31,33). The van der Waals surface area contributed by atoms with E-state index in [0.717, 1.165) is 22.5 Å². The van der Waals surface area contributed by atoms with Gasteiger partial charge in [-0.15, -0.1) is 0 Å². The highest BCUT2D eigenvalue weighted by atomic mass is 32.1. The molecule has 1 amide bonds. The van der Waals surface area contributed by atoms with Crippen molar-refractivity contribution in [2.24, 2.45) is 5.73 Å². The predicted molar refractivity (Wildman–Crippen MR) is 140 cm³/mol. The van der Waals surface area contributed by atoms with Gasteiger partial charge in [-0.2, -0.15) is 0 Å². The SMILES string of the molecule is COC(C=O)(Cc1ccc(Oc2ccc(Cc3sc(=O)[nH]c3O)cc2)cc1)NC(=O)C(N)Cc1cnc[nH]1. The molecular weight excluding hydrogens is 510 g/mol. The highest BCUT2D eigenvalue weighted by molar-refractivity contribution is 7.09. The fraction of sp³-hybridized carbons (Fsp3) is 0.231. The first-order valence-electron chi connectivity index (χ1n) is 11.6. The molecule has 11 nitrogen and oxygen atoms in total. The second-order valence-electron chi connectivity index (χ2n) is 8.62. The molecule has 2 aromatic heterocycles. The first-order valence-corrected chi connectivity index (χ1v) is 12.4. The molecule has 0 saturated heterocycles. The number of rotatable bonds is 12. The number of aromatic hydroxyl groups is 1. The van der Waals surface area contributed by atoms with Gasteiger partial charge in [-0.1, -0.05) is 35.6 Å². The summed E-state index contributed by atoms with van der Waals surface area (Å²) in [4.78, 5) is 45.4. The molecule has 4 rings (SSSR count). The zero-order chi connectivity index (χ0) is 27.1. The molecule has 2 heterocycles. The van der Waals surface area contributed by atoms with Crippen molar-refractivity contribution in [3.05, 3.63) is 92.4 Å². The van der Waals surface area contributed by atoms with Gasteiger partial charge in [-0.25, -0.2) is 4.98 Å². The van der Waals surface area contributed by atoms with E-state index in [1.54, 1.807) is 42.6 Å². The first-order chi connectivity index (χ1) is 18.3. The third-order valence-corrected chi connectivity index (χ3v) is 6.71. The fourth-order valence-corrected chi connectivity index (χ4v) is 4.52. The summed E-state index contributed by atoms with van der Waals surface area (Å²) in [5.41, 5.74) is 6.76. The number of aldehydes is 1.